The summed E-state index contributed by atoms with van der Waals surface area (Å²) < 4.78 is 0. The maximum Gasteiger partial charge on any atom is 0.0768 e. The van der Waals surface area contributed by atoms with Gasteiger partial charge >= 0.3 is 0 Å². The standard InChI is InChI=1S/C12H27N.BrH/c1-4-6-8-10-12-13(3)11-9-7-5-2;/h4-12H2,1-3H3;1H. The van der Waals surface area contributed by atoms with Crippen molar-refractivity contribution in [1.29, 1.82) is 0 Å². The van der Waals surface area contributed by atoms with E-state index in [0.717, 1.165) is 0 Å². The van der Waals surface area contributed by atoms with Crippen molar-refractivity contribution in [1.82, 2.24) is 0 Å². The van der Waals surface area contributed by atoms with Crippen molar-refractivity contribution in [2.24, 2.45) is 0 Å². The average molecular weight is 266 g/mol. The Balaban J connectivity index is 0. The molecule has 1 nitrogen and oxygen atoms in total. The fourth-order valence-electron chi connectivity index (χ4n) is 1.66. The van der Waals surface area contributed by atoms with Crippen LogP contribution in [0.1, 0.15) is 58.8 Å². The first-order valence-corrected chi connectivity index (χ1v) is 6.12. The Morgan fingerprint density at radius 3 is 1.64 bits per heavy atom. The minimum Gasteiger partial charge on any atom is -1.00 e. The van der Waals surface area contributed by atoms with Crippen LogP contribution in [0.4, 0.5) is 0 Å². The molecule has 0 aliphatic rings. The summed E-state index contributed by atoms with van der Waals surface area (Å²) in [4.78, 5) is 1.73. The van der Waals surface area contributed by atoms with E-state index in [1.54, 1.807) is 4.90 Å². The zero-order chi connectivity index (χ0) is 9.94. The van der Waals surface area contributed by atoms with Crippen LogP contribution in [0.25, 0.3) is 0 Å². The van der Waals surface area contributed by atoms with Crippen LogP contribution in [-0.2, 0) is 0 Å². The second-order valence-electron chi connectivity index (χ2n) is 4.22. The third-order valence-corrected chi connectivity index (χ3v) is 2.66. The number of hydrogen-bond donors (Lipinski definition) is 1. The third-order valence-electron chi connectivity index (χ3n) is 2.66. The molecule has 1 N–H and O–H groups in total. The van der Waals surface area contributed by atoms with Crippen molar-refractivity contribution in [2.45, 2.75) is 58.8 Å². The molecule has 0 aliphatic carbocycles. The molecule has 2 heteroatoms. The van der Waals surface area contributed by atoms with Crippen LogP contribution < -0.4 is 21.9 Å². The number of hydrogen-bond acceptors (Lipinski definition) is 0. The Kier molecular flexibility index (Phi) is 16.2. The molecular formula is C12H28BrN. The third kappa shape index (κ3) is 12.4. The second kappa shape index (κ2) is 13.4. The Labute approximate surface area is 101 Å². The largest absolute Gasteiger partial charge is 1.00 e. The summed E-state index contributed by atoms with van der Waals surface area (Å²) in [6.45, 7) is 7.30. The summed E-state index contributed by atoms with van der Waals surface area (Å²) in [6.07, 6.45) is 9.80. The fraction of sp³-hybridized carbons (Fsp3) is 1.00. The molecule has 1 atom stereocenters. The lowest BCUT2D eigenvalue weighted by Crippen LogP contribution is -3.09. The molecule has 0 spiro atoms. The molecule has 0 aromatic rings. The average Bonchev–Trinajstić information content (AvgIpc) is 2.13. The van der Waals surface area contributed by atoms with Crippen LogP contribution in [0.2, 0.25) is 0 Å². The molecule has 0 aromatic carbocycles. The molecule has 88 valence electrons. The van der Waals surface area contributed by atoms with E-state index < -0.39 is 0 Å². The van der Waals surface area contributed by atoms with E-state index >= 15 is 0 Å². The first-order valence-electron chi connectivity index (χ1n) is 6.12. The summed E-state index contributed by atoms with van der Waals surface area (Å²) in [6, 6.07) is 0. The van der Waals surface area contributed by atoms with Gasteiger partial charge in [0, 0.05) is 0 Å². The Morgan fingerprint density at radius 1 is 0.714 bits per heavy atom. The summed E-state index contributed by atoms with van der Waals surface area (Å²) in [5.41, 5.74) is 0. The van der Waals surface area contributed by atoms with Gasteiger partial charge in [-0.05, 0) is 25.7 Å². The monoisotopic (exact) mass is 265 g/mol. The number of halogens is 1. The van der Waals surface area contributed by atoms with Gasteiger partial charge in [-0.25, -0.2) is 0 Å². The molecule has 0 saturated carbocycles. The molecule has 1 unspecified atom stereocenters. The molecular weight excluding hydrogens is 238 g/mol. The molecule has 0 radical (unpaired) electrons. The predicted molar refractivity (Wildman–Crippen MR) is 60.3 cm³/mol. The summed E-state index contributed by atoms with van der Waals surface area (Å²) in [5.74, 6) is 0. The summed E-state index contributed by atoms with van der Waals surface area (Å²) >= 11 is 0. The lowest BCUT2D eigenvalue weighted by molar-refractivity contribution is -0.880. The number of unbranched alkanes of at least 4 members (excludes halogenated alkanes) is 5. The van der Waals surface area contributed by atoms with Gasteiger partial charge < -0.3 is 21.9 Å². The van der Waals surface area contributed by atoms with Crippen LogP contribution in [-0.4, -0.2) is 20.1 Å². The van der Waals surface area contributed by atoms with Crippen molar-refractivity contribution >= 4 is 0 Å². The Morgan fingerprint density at radius 2 is 1.14 bits per heavy atom. The van der Waals surface area contributed by atoms with E-state index in [2.05, 4.69) is 20.9 Å². The minimum absolute atomic E-state index is 0. The van der Waals surface area contributed by atoms with Crippen molar-refractivity contribution < 1.29 is 21.9 Å². The smallest absolute Gasteiger partial charge is 0.0768 e. The molecule has 0 aromatic heterocycles. The van der Waals surface area contributed by atoms with Gasteiger partial charge in [0.2, 0.25) is 0 Å². The highest BCUT2D eigenvalue weighted by molar-refractivity contribution is 4.39. The van der Waals surface area contributed by atoms with E-state index in [1.165, 1.54) is 58.0 Å². The van der Waals surface area contributed by atoms with E-state index in [-0.39, 0.29) is 17.0 Å². The van der Waals surface area contributed by atoms with Crippen molar-refractivity contribution in [3.8, 4) is 0 Å². The van der Waals surface area contributed by atoms with Crippen LogP contribution in [0, 0.1) is 0 Å². The lowest BCUT2D eigenvalue weighted by atomic mass is 10.2. The van der Waals surface area contributed by atoms with E-state index in [4.69, 9.17) is 0 Å². The molecule has 0 bridgehead atoms. The van der Waals surface area contributed by atoms with E-state index in [1.807, 2.05) is 0 Å². The van der Waals surface area contributed by atoms with Gasteiger partial charge in [-0.2, -0.15) is 0 Å². The number of rotatable bonds is 9. The van der Waals surface area contributed by atoms with Crippen molar-refractivity contribution in [2.75, 3.05) is 20.1 Å². The van der Waals surface area contributed by atoms with Crippen LogP contribution in [0.5, 0.6) is 0 Å². The normalized spacial score (nSPS) is 12.2. The highest BCUT2D eigenvalue weighted by Crippen LogP contribution is 1.96. The maximum atomic E-state index is 2.33. The zero-order valence-electron chi connectivity index (χ0n) is 10.2. The van der Waals surface area contributed by atoms with Crippen LogP contribution >= 0.6 is 0 Å². The van der Waals surface area contributed by atoms with Gasteiger partial charge in [0.05, 0.1) is 20.1 Å². The number of nitrogens with one attached hydrogen (secondary N) is 1. The minimum atomic E-state index is 0. The fourth-order valence-corrected chi connectivity index (χ4v) is 1.66. The molecule has 0 fully saturated rings. The molecule has 0 saturated heterocycles. The molecule has 0 rings (SSSR count). The second-order valence-corrected chi connectivity index (χ2v) is 4.22. The van der Waals surface area contributed by atoms with Gasteiger partial charge in [-0.15, -0.1) is 0 Å². The van der Waals surface area contributed by atoms with E-state index in [0.29, 0.717) is 0 Å². The molecule has 0 amide bonds. The summed E-state index contributed by atoms with van der Waals surface area (Å²) in [7, 11) is 2.33. The van der Waals surface area contributed by atoms with Gasteiger partial charge in [-0.3, -0.25) is 0 Å². The number of quaternary nitrogens is 1. The zero-order valence-corrected chi connectivity index (χ0v) is 11.8. The molecule has 0 aliphatic heterocycles. The SMILES string of the molecule is CCCCCC[NH+](C)CCCCC.[Br-]. The highest BCUT2D eigenvalue weighted by Gasteiger charge is 1.99. The first-order chi connectivity index (χ1) is 6.31. The Hall–Kier alpha value is 0.440. The highest BCUT2D eigenvalue weighted by atomic mass is 79.9. The quantitative estimate of drug-likeness (QED) is 0.525. The van der Waals surface area contributed by atoms with E-state index in [9.17, 15) is 0 Å². The van der Waals surface area contributed by atoms with Crippen molar-refractivity contribution in [3.63, 3.8) is 0 Å². The van der Waals surface area contributed by atoms with Crippen molar-refractivity contribution in [3.05, 3.63) is 0 Å². The molecule has 14 heavy (non-hydrogen) atoms. The maximum absolute atomic E-state index is 2.33. The van der Waals surface area contributed by atoms with Gasteiger partial charge in [0.15, 0.2) is 0 Å². The molecule has 0 heterocycles. The summed E-state index contributed by atoms with van der Waals surface area (Å²) in [5, 5.41) is 0. The van der Waals surface area contributed by atoms with Gasteiger partial charge in [-0.1, -0.05) is 33.1 Å². The Bertz CT molecular complexity index is 96.3. The lowest BCUT2D eigenvalue weighted by Gasteiger charge is -2.13. The predicted octanol–water partition coefficient (Wildman–Crippen LogP) is -0.724. The van der Waals surface area contributed by atoms with Crippen LogP contribution in [0.3, 0.4) is 0 Å². The van der Waals surface area contributed by atoms with Gasteiger partial charge in [0.25, 0.3) is 0 Å². The van der Waals surface area contributed by atoms with Gasteiger partial charge in [0.1, 0.15) is 0 Å². The first kappa shape index (κ1) is 16.9. The topological polar surface area (TPSA) is 4.44 Å². The van der Waals surface area contributed by atoms with Crippen LogP contribution in [0.15, 0.2) is 0 Å².